The lowest BCUT2D eigenvalue weighted by Gasteiger charge is -2.18. The highest BCUT2D eigenvalue weighted by molar-refractivity contribution is 5.94. The Morgan fingerprint density at radius 3 is 2.39 bits per heavy atom. The van der Waals surface area contributed by atoms with Crippen LogP contribution in [0.5, 0.6) is 0 Å². The summed E-state index contributed by atoms with van der Waals surface area (Å²) in [5.41, 5.74) is 4.29. The first-order chi connectivity index (χ1) is 13.3. The van der Waals surface area contributed by atoms with E-state index in [0.29, 0.717) is 10.9 Å². The smallest absolute Gasteiger partial charge is 0.283 e. The predicted molar refractivity (Wildman–Crippen MR) is 112 cm³/mol. The van der Waals surface area contributed by atoms with E-state index in [9.17, 15) is 9.59 Å². The topological polar surface area (TPSA) is 76.3 Å². The van der Waals surface area contributed by atoms with Crippen molar-refractivity contribution in [2.75, 3.05) is 0 Å². The molecule has 0 aliphatic rings. The van der Waals surface area contributed by atoms with Crippen molar-refractivity contribution in [2.24, 2.45) is 10.5 Å². The van der Waals surface area contributed by atoms with Gasteiger partial charge in [0.1, 0.15) is 0 Å². The van der Waals surface area contributed by atoms with Gasteiger partial charge in [-0.3, -0.25) is 14.2 Å². The largest absolute Gasteiger partial charge is 0.307 e. The zero-order valence-corrected chi connectivity index (χ0v) is 16.6. The molecule has 6 nitrogen and oxygen atoms in total. The molecule has 1 aromatic heterocycles. The number of nitrogens with one attached hydrogen (secondary N) is 1. The number of nitrogens with zero attached hydrogens (tertiary/aromatic N) is 3. The Kier molecular flexibility index (Phi) is 5.40. The van der Waals surface area contributed by atoms with Crippen LogP contribution >= 0.6 is 0 Å². The first-order valence-corrected chi connectivity index (χ1v) is 9.16. The lowest BCUT2D eigenvalue weighted by molar-refractivity contribution is 0.0938. The fraction of sp³-hybridized carbons (Fsp3) is 0.273. The van der Waals surface area contributed by atoms with Crippen LogP contribution < -0.4 is 11.0 Å². The highest BCUT2D eigenvalue weighted by Gasteiger charge is 2.19. The van der Waals surface area contributed by atoms with E-state index >= 15 is 0 Å². The number of para-hydroxylation sites is 1. The molecular weight excluding hydrogens is 352 g/mol. The molecule has 3 aromatic rings. The summed E-state index contributed by atoms with van der Waals surface area (Å²) in [5, 5.41) is 4.67. The van der Waals surface area contributed by atoms with Crippen molar-refractivity contribution >= 4 is 22.5 Å². The molecule has 1 N–H and O–H groups in total. The van der Waals surface area contributed by atoms with Gasteiger partial charge in [-0.15, -0.1) is 0 Å². The molecule has 1 amide bonds. The number of hydrazone groups is 1. The number of carbonyl (C=O) groups excluding carboxylic acids is 1. The van der Waals surface area contributed by atoms with Crippen LogP contribution in [0.15, 0.2) is 64.5 Å². The zero-order chi connectivity index (χ0) is 20.3. The molecule has 0 radical (unpaired) electrons. The van der Waals surface area contributed by atoms with Crippen LogP contribution in [0.2, 0.25) is 0 Å². The number of fused-ring (bicyclic) bond motifs is 1. The van der Waals surface area contributed by atoms with E-state index in [4.69, 9.17) is 0 Å². The molecule has 0 saturated carbocycles. The Morgan fingerprint density at radius 2 is 1.71 bits per heavy atom. The van der Waals surface area contributed by atoms with E-state index in [-0.39, 0.29) is 23.3 Å². The van der Waals surface area contributed by atoms with Gasteiger partial charge in [0, 0.05) is 11.1 Å². The number of hydrogen-bond donors (Lipinski definition) is 1. The van der Waals surface area contributed by atoms with Gasteiger partial charge in [-0.2, -0.15) is 5.10 Å². The van der Waals surface area contributed by atoms with Crippen LogP contribution in [0.3, 0.4) is 0 Å². The predicted octanol–water partition coefficient (Wildman–Crippen LogP) is 3.60. The molecule has 6 heteroatoms. The molecule has 0 aliphatic carbocycles. The van der Waals surface area contributed by atoms with E-state index in [0.717, 1.165) is 11.3 Å². The van der Waals surface area contributed by atoms with Crippen LogP contribution in [-0.2, 0) is 6.54 Å². The molecule has 2 aromatic carbocycles. The molecule has 0 bridgehead atoms. The minimum absolute atomic E-state index is 0.0398. The zero-order valence-electron chi connectivity index (χ0n) is 16.6. The molecule has 28 heavy (non-hydrogen) atoms. The number of hydrogen-bond acceptors (Lipinski definition) is 4. The summed E-state index contributed by atoms with van der Waals surface area (Å²) in [6.45, 7) is 8.14. The second kappa shape index (κ2) is 7.76. The maximum atomic E-state index is 13.1. The number of rotatable bonds is 4. The van der Waals surface area contributed by atoms with Crippen LogP contribution in [0.1, 0.15) is 43.9 Å². The minimum Gasteiger partial charge on any atom is -0.283 e. The van der Waals surface area contributed by atoms with Gasteiger partial charge in [-0.05, 0) is 24.6 Å². The van der Waals surface area contributed by atoms with Crippen LogP contribution in [0.4, 0.5) is 0 Å². The second-order valence-electron chi connectivity index (χ2n) is 7.72. The number of benzene rings is 2. The number of aromatic nitrogens is 2. The SMILES string of the molecule is C/C(=N/NC(=O)c1nc2ccccc2c(=O)n1Cc1ccccc1)C(C)(C)C. The first-order valence-electron chi connectivity index (χ1n) is 9.16. The molecule has 0 fully saturated rings. The van der Waals surface area contributed by atoms with Crippen molar-refractivity contribution in [1.29, 1.82) is 0 Å². The van der Waals surface area contributed by atoms with Crippen LogP contribution in [-0.4, -0.2) is 21.2 Å². The van der Waals surface area contributed by atoms with Gasteiger partial charge in [-0.25, -0.2) is 10.4 Å². The standard InChI is InChI=1S/C22H24N4O2/c1-15(22(2,3)4)24-25-20(27)19-23-18-13-9-8-12-17(18)21(28)26(19)14-16-10-6-5-7-11-16/h5-13H,14H2,1-4H3,(H,25,27)/b24-15-. The summed E-state index contributed by atoms with van der Waals surface area (Å²) >= 11 is 0. The summed E-state index contributed by atoms with van der Waals surface area (Å²) < 4.78 is 1.40. The average molecular weight is 376 g/mol. The van der Waals surface area contributed by atoms with Gasteiger partial charge in [0.15, 0.2) is 0 Å². The Morgan fingerprint density at radius 1 is 1.07 bits per heavy atom. The Hall–Kier alpha value is -3.28. The third kappa shape index (κ3) is 4.17. The second-order valence-corrected chi connectivity index (χ2v) is 7.72. The molecular formula is C22H24N4O2. The average Bonchev–Trinajstić information content (AvgIpc) is 2.68. The summed E-state index contributed by atoms with van der Waals surface area (Å²) in [6, 6.07) is 16.5. The minimum atomic E-state index is -0.512. The number of amides is 1. The molecule has 144 valence electrons. The van der Waals surface area contributed by atoms with Crippen molar-refractivity contribution in [1.82, 2.24) is 15.0 Å². The Labute approximate surface area is 163 Å². The fourth-order valence-electron chi connectivity index (χ4n) is 2.61. The van der Waals surface area contributed by atoms with E-state index in [2.05, 4.69) is 15.5 Å². The summed E-state index contributed by atoms with van der Waals surface area (Å²) in [5.74, 6) is -0.472. The van der Waals surface area contributed by atoms with Crippen molar-refractivity contribution in [3.05, 3.63) is 76.3 Å². The monoisotopic (exact) mass is 376 g/mol. The molecule has 0 atom stereocenters. The van der Waals surface area contributed by atoms with Crippen molar-refractivity contribution in [3.63, 3.8) is 0 Å². The Balaban J connectivity index is 2.08. The van der Waals surface area contributed by atoms with Crippen molar-refractivity contribution in [2.45, 2.75) is 34.2 Å². The van der Waals surface area contributed by atoms with E-state index < -0.39 is 5.91 Å². The summed E-state index contributed by atoms with van der Waals surface area (Å²) in [4.78, 5) is 30.4. The normalized spacial score (nSPS) is 12.2. The quantitative estimate of drug-likeness (QED) is 0.558. The maximum absolute atomic E-state index is 13.1. The summed E-state index contributed by atoms with van der Waals surface area (Å²) in [6.07, 6.45) is 0. The molecule has 1 heterocycles. The molecule has 0 unspecified atom stereocenters. The highest BCUT2D eigenvalue weighted by Crippen LogP contribution is 2.15. The summed E-state index contributed by atoms with van der Waals surface area (Å²) in [7, 11) is 0. The van der Waals surface area contributed by atoms with Gasteiger partial charge < -0.3 is 0 Å². The highest BCUT2D eigenvalue weighted by atomic mass is 16.2. The Bertz CT molecular complexity index is 1090. The third-order valence-corrected chi connectivity index (χ3v) is 4.66. The number of carbonyl (C=O) groups is 1. The van der Waals surface area contributed by atoms with Crippen LogP contribution in [0, 0.1) is 5.41 Å². The molecule has 0 spiro atoms. The van der Waals surface area contributed by atoms with Gasteiger partial charge in [0.05, 0.1) is 17.4 Å². The van der Waals surface area contributed by atoms with Gasteiger partial charge in [0.2, 0.25) is 5.82 Å². The van der Waals surface area contributed by atoms with Gasteiger partial charge >= 0.3 is 5.91 Å². The van der Waals surface area contributed by atoms with Crippen molar-refractivity contribution in [3.8, 4) is 0 Å². The maximum Gasteiger partial charge on any atom is 0.307 e. The molecule has 3 rings (SSSR count). The van der Waals surface area contributed by atoms with E-state index in [1.807, 2.05) is 58.0 Å². The first kappa shape index (κ1) is 19.5. The lowest BCUT2D eigenvalue weighted by atomic mass is 9.91. The van der Waals surface area contributed by atoms with E-state index in [1.54, 1.807) is 24.3 Å². The lowest BCUT2D eigenvalue weighted by Crippen LogP contribution is -2.33. The van der Waals surface area contributed by atoms with Gasteiger partial charge in [-0.1, -0.05) is 63.2 Å². The van der Waals surface area contributed by atoms with Crippen molar-refractivity contribution < 1.29 is 4.79 Å². The fourth-order valence-corrected chi connectivity index (χ4v) is 2.61. The van der Waals surface area contributed by atoms with Crippen LogP contribution in [0.25, 0.3) is 10.9 Å². The van der Waals surface area contributed by atoms with E-state index in [1.165, 1.54) is 4.57 Å². The third-order valence-electron chi connectivity index (χ3n) is 4.66. The van der Waals surface area contributed by atoms with Gasteiger partial charge in [0.25, 0.3) is 5.56 Å². The molecule has 0 aliphatic heterocycles. The molecule has 0 saturated heterocycles.